The summed E-state index contributed by atoms with van der Waals surface area (Å²) < 4.78 is 5.08. The number of hydrogen-bond donors (Lipinski definition) is 1. The Hall–Kier alpha value is -0.120. The molecule has 0 heterocycles. The van der Waals surface area contributed by atoms with Crippen LogP contribution in [0.4, 0.5) is 0 Å². The van der Waals surface area contributed by atoms with Crippen molar-refractivity contribution in [1.29, 1.82) is 0 Å². The van der Waals surface area contributed by atoms with Gasteiger partial charge in [0.1, 0.15) is 0 Å². The summed E-state index contributed by atoms with van der Waals surface area (Å²) in [6.45, 7) is 7.83. The molecule has 0 aromatic carbocycles. The van der Waals surface area contributed by atoms with Crippen molar-refractivity contribution >= 4 is 0 Å². The van der Waals surface area contributed by atoms with Crippen LogP contribution in [0.3, 0.4) is 0 Å². The largest absolute Gasteiger partial charge is 0.383 e. The third kappa shape index (κ3) is 3.09. The molecule has 74 valence electrons. The smallest absolute Gasteiger partial charge is 0.0615 e. The first kappa shape index (κ1) is 11.9. The maximum absolute atomic E-state index is 5.66. The van der Waals surface area contributed by atoms with Crippen molar-refractivity contribution in [3.63, 3.8) is 0 Å². The van der Waals surface area contributed by atoms with Gasteiger partial charge in [-0.2, -0.15) is 0 Å². The number of ether oxygens (including phenoxy) is 1. The maximum Gasteiger partial charge on any atom is 0.0615 e. The first-order valence-electron chi connectivity index (χ1n) is 4.37. The van der Waals surface area contributed by atoms with Gasteiger partial charge in [-0.15, -0.1) is 0 Å². The van der Waals surface area contributed by atoms with Crippen molar-refractivity contribution in [2.24, 2.45) is 5.73 Å². The van der Waals surface area contributed by atoms with Gasteiger partial charge in [0.15, 0.2) is 0 Å². The molecule has 0 amide bonds. The summed E-state index contributed by atoms with van der Waals surface area (Å²) in [7, 11) is 3.80. The average molecular weight is 174 g/mol. The molecule has 2 N–H and O–H groups in total. The molecule has 0 radical (unpaired) electrons. The fourth-order valence-corrected chi connectivity index (χ4v) is 1.09. The summed E-state index contributed by atoms with van der Waals surface area (Å²) in [5, 5.41) is 0. The number of rotatable bonds is 5. The van der Waals surface area contributed by atoms with Crippen LogP contribution in [0.15, 0.2) is 0 Å². The molecule has 0 aliphatic carbocycles. The number of nitrogens with zero attached hydrogens (tertiary/aromatic N) is 1. The SMILES string of the molecule is COCC(C)N(C)C(C)(C)CN. The molecule has 12 heavy (non-hydrogen) atoms. The fourth-order valence-electron chi connectivity index (χ4n) is 1.09. The molecule has 0 saturated carbocycles. The van der Waals surface area contributed by atoms with Crippen molar-refractivity contribution in [2.45, 2.75) is 32.4 Å². The number of hydrogen-bond acceptors (Lipinski definition) is 3. The van der Waals surface area contributed by atoms with Gasteiger partial charge in [0.05, 0.1) is 6.61 Å². The lowest BCUT2D eigenvalue weighted by atomic mass is 10.0. The molecule has 1 atom stereocenters. The Morgan fingerprint density at radius 3 is 2.33 bits per heavy atom. The summed E-state index contributed by atoms with van der Waals surface area (Å²) in [5.74, 6) is 0. The van der Waals surface area contributed by atoms with Gasteiger partial charge in [-0.3, -0.25) is 4.90 Å². The lowest BCUT2D eigenvalue weighted by Crippen LogP contribution is -2.52. The second-order valence-electron chi connectivity index (χ2n) is 3.93. The van der Waals surface area contributed by atoms with E-state index >= 15 is 0 Å². The van der Waals surface area contributed by atoms with Gasteiger partial charge in [-0.25, -0.2) is 0 Å². The minimum atomic E-state index is 0.0535. The zero-order valence-electron chi connectivity index (χ0n) is 8.92. The quantitative estimate of drug-likeness (QED) is 0.666. The van der Waals surface area contributed by atoms with Crippen molar-refractivity contribution < 1.29 is 4.74 Å². The number of methoxy groups -OCH3 is 1. The van der Waals surface area contributed by atoms with Gasteiger partial charge in [0.25, 0.3) is 0 Å². The molecule has 3 nitrogen and oxygen atoms in total. The van der Waals surface area contributed by atoms with E-state index in [9.17, 15) is 0 Å². The Morgan fingerprint density at radius 2 is 2.00 bits per heavy atom. The molecule has 0 aliphatic heterocycles. The normalized spacial score (nSPS) is 15.2. The van der Waals surface area contributed by atoms with Crippen LogP contribution in [0.2, 0.25) is 0 Å². The summed E-state index contributed by atoms with van der Waals surface area (Å²) in [6, 6.07) is 0.411. The molecule has 0 aliphatic rings. The topological polar surface area (TPSA) is 38.5 Å². The van der Waals surface area contributed by atoms with E-state index in [1.165, 1.54) is 0 Å². The molecule has 0 aromatic heterocycles. The molecular weight excluding hydrogens is 152 g/mol. The highest BCUT2D eigenvalue weighted by Crippen LogP contribution is 2.13. The van der Waals surface area contributed by atoms with Crippen LogP contribution in [0.25, 0.3) is 0 Å². The average Bonchev–Trinajstić information content (AvgIpc) is 2.03. The third-order valence-electron chi connectivity index (χ3n) is 2.52. The van der Waals surface area contributed by atoms with Gasteiger partial charge < -0.3 is 10.5 Å². The zero-order valence-corrected chi connectivity index (χ0v) is 8.92. The van der Waals surface area contributed by atoms with Crippen LogP contribution in [-0.2, 0) is 4.74 Å². The van der Waals surface area contributed by atoms with E-state index in [1.807, 2.05) is 0 Å². The van der Waals surface area contributed by atoms with Crippen LogP contribution in [0.5, 0.6) is 0 Å². The molecular formula is C9H22N2O. The van der Waals surface area contributed by atoms with Gasteiger partial charge in [-0.1, -0.05) is 0 Å². The Kier molecular flexibility index (Phi) is 4.75. The predicted octanol–water partition coefficient (Wildman–Crippen LogP) is 0.690. The van der Waals surface area contributed by atoms with Gasteiger partial charge in [0, 0.05) is 25.2 Å². The Morgan fingerprint density at radius 1 is 1.50 bits per heavy atom. The number of likely N-dealkylation sites (N-methyl/N-ethyl adjacent to an activating group) is 1. The van der Waals surface area contributed by atoms with Crippen molar-refractivity contribution in [2.75, 3.05) is 27.3 Å². The molecule has 0 saturated heterocycles. The zero-order chi connectivity index (χ0) is 9.78. The Balaban J connectivity index is 4.07. The highest BCUT2D eigenvalue weighted by atomic mass is 16.5. The minimum absolute atomic E-state index is 0.0535. The van der Waals surface area contributed by atoms with E-state index in [4.69, 9.17) is 10.5 Å². The highest BCUT2D eigenvalue weighted by molar-refractivity contribution is 4.83. The fraction of sp³-hybridized carbons (Fsp3) is 1.00. The first-order valence-corrected chi connectivity index (χ1v) is 4.37. The molecule has 0 bridgehead atoms. The van der Waals surface area contributed by atoms with Crippen LogP contribution in [-0.4, -0.2) is 43.8 Å². The van der Waals surface area contributed by atoms with E-state index in [-0.39, 0.29) is 5.54 Å². The monoisotopic (exact) mass is 174 g/mol. The van der Waals surface area contributed by atoms with Crippen LogP contribution < -0.4 is 5.73 Å². The lowest BCUT2D eigenvalue weighted by molar-refractivity contribution is 0.0567. The van der Waals surface area contributed by atoms with E-state index in [0.29, 0.717) is 12.6 Å². The van der Waals surface area contributed by atoms with Gasteiger partial charge >= 0.3 is 0 Å². The second kappa shape index (κ2) is 4.80. The van der Waals surface area contributed by atoms with E-state index in [1.54, 1.807) is 7.11 Å². The molecule has 0 rings (SSSR count). The molecule has 0 spiro atoms. The van der Waals surface area contributed by atoms with Gasteiger partial charge in [0.2, 0.25) is 0 Å². The van der Waals surface area contributed by atoms with Crippen LogP contribution in [0.1, 0.15) is 20.8 Å². The first-order chi connectivity index (χ1) is 5.45. The maximum atomic E-state index is 5.66. The predicted molar refractivity (Wildman–Crippen MR) is 52.2 cm³/mol. The standard InChI is InChI=1S/C9H22N2O/c1-8(6-12-5)11(4)9(2,3)7-10/h8H,6-7,10H2,1-5H3. The summed E-state index contributed by atoms with van der Waals surface area (Å²) >= 11 is 0. The van der Waals surface area contributed by atoms with E-state index < -0.39 is 0 Å². The number of nitrogens with two attached hydrogens (primary N) is 1. The van der Waals surface area contributed by atoms with E-state index in [0.717, 1.165) is 6.61 Å². The van der Waals surface area contributed by atoms with Crippen LogP contribution in [0, 0.1) is 0 Å². The Labute approximate surface area is 75.9 Å². The molecule has 1 unspecified atom stereocenters. The third-order valence-corrected chi connectivity index (χ3v) is 2.52. The van der Waals surface area contributed by atoms with Crippen molar-refractivity contribution in [3.8, 4) is 0 Å². The summed E-state index contributed by atoms with van der Waals surface area (Å²) in [5.41, 5.74) is 5.71. The second-order valence-corrected chi connectivity index (χ2v) is 3.93. The highest BCUT2D eigenvalue weighted by Gasteiger charge is 2.25. The van der Waals surface area contributed by atoms with Crippen molar-refractivity contribution in [3.05, 3.63) is 0 Å². The summed E-state index contributed by atoms with van der Waals surface area (Å²) in [6.07, 6.45) is 0. The van der Waals surface area contributed by atoms with Crippen molar-refractivity contribution in [1.82, 2.24) is 4.90 Å². The van der Waals surface area contributed by atoms with Crippen LogP contribution >= 0.6 is 0 Å². The Bertz CT molecular complexity index is 126. The molecule has 3 heteroatoms. The molecule has 0 aromatic rings. The summed E-state index contributed by atoms with van der Waals surface area (Å²) in [4.78, 5) is 2.25. The van der Waals surface area contributed by atoms with Gasteiger partial charge in [-0.05, 0) is 27.8 Å². The minimum Gasteiger partial charge on any atom is -0.383 e. The lowest BCUT2D eigenvalue weighted by Gasteiger charge is -2.38. The molecule has 0 fully saturated rings. The van der Waals surface area contributed by atoms with E-state index in [2.05, 4.69) is 32.7 Å².